The van der Waals surface area contributed by atoms with Crippen molar-refractivity contribution >= 4 is 22.7 Å². The van der Waals surface area contributed by atoms with E-state index in [1.54, 1.807) is 12.0 Å². The van der Waals surface area contributed by atoms with Crippen LogP contribution in [0.25, 0.3) is 10.9 Å². The van der Waals surface area contributed by atoms with Crippen LogP contribution in [0.1, 0.15) is 48.7 Å². The van der Waals surface area contributed by atoms with Crippen LogP contribution in [0.4, 0.5) is 0 Å². The summed E-state index contributed by atoms with van der Waals surface area (Å²) in [6.45, 7) is 2.66. The Bertz CT molecular complexity index is 1180. The number of carbonyl (C=O) groups excluding carboxylic acids is 2. The maximum absolute atomic E-state index is 13.8. The lowest BCUT2D eigenvalue weighted by molar-refractivity contribution is -0.133. The molecule has 6 heteroatoms. The second-order valence-corrected chi connectivity index (χ2v) is 9.15. The predicted octanol–water partition coefficient (Wildman–Crippen LogP) is 4.12. The Morgan fingerprint density at radius 1 is 1.12 bits per heavy atom. The molecule has 5 rings (SSSR count). The van der Waals surface area contributed by atoms with Crippen molar-refractivity contribution in [3.8, 4) is 5.75 Å². The van der Waals surface area contributed by atoms with Crippen LogP contribution in [-0.2, 0) is 17.9 Å². The highest BCUT2D eigenvalue weighted by Crippen LogP contribution is 2.34. The molecule has 166 valence electrons. The van der Waals surface area contributed by atoms with Crippen LogP contribution in [0.3, 0.4) is 0 Å². The lowest BCUT2D eigenvalue weighted by Gasteiger charge is -2.44. The summed E-state index contributed by atoms with van der Waals surface area (Å²) in [7, 11) is 1.63. The van der Waals surface area contributed by atoms with Gasteiger partial charge in [-0.3, -0.25) is 9.59 Å². The van der Waals surface area contributed by atoms with Crippen LogP contribution < -0.4 is 10.1 Å². The van der Waals surface area contributed by atoms with Gasteiger partial charge in [-0.2, -0.15) is 0 Å². The molecule has 1 aliphatic carbocycles. The van der Waals surface area contributed by atoms with E-state index in [0.717, 1.165) is 47.9 Å². The minimum atomic E-state index is -1.00. The molecule has 0 spiro atoms. The van der Waals surface area contributed by atoms with Crippen LogP contribution in [0.15, 0.2) is 54.6 Å². The zero-order valence-corrected chi connectivity index (χ0v) is 18.6. The number of hydrogen-bond acceptors (Lipinski definition) is 3. The topological polar surface area (TPSA) is 63.6 Å². The quantitative estimate of drug-likeness (QED) is 0.661. The van der Waals surface area contributed by atoms with Crippen molar-refractivity contribution in [2.75, 3.05) is 7.11 Å². The van der Waals surface area contributed by atoms with Gasteiger partial charge in [0.25, 0.3) is 5.91 Å². The van der Waals surface area contributed by atoms with Crippen LogP contribution in [0.5, 0.6) is 5.75 Å². The highest BCUT2D eigenvalue weighted by atomic mass is 16.5. The first-order chi connectivity index (χ1) is 15.5. The Hall–Kier alpha value is -3.28. The van der Waals surface area contributed by atoms with Crippen LogP contribution in [0.2, 0.25) is 0 Å². The number of carbonyl (C=O) groups is 2. The molecule has 2 heterocycles. The first-order valence-electron chi connectivity index (χ1n) is 11.3. The lowest BCUT2D eigenvalue weighted by Crippen LogP contribution is -2.64. The number of amides is 2. The van der Waals surface area contributed by atoms with Gasteiger partial charge in [0.1, 0.15) is 17.0 Å². The van der Waals surface area contributed by atoms with Gasteiger partial charge in [-0.05, 0) is 49.6 Å². The van der Waals surface area contributed by atoms with Gasteiger partial charge >= 0.3 is 0 Å². The maximum atomic E-state index is 13.8. The van der Waals surface area contributed by atoms with Gasteiger partial charge in [0.2, 0.25) is 5.91 Å². The van der Waals surface area contributed by atoms with Crippen molar-refractivity contribution in [1.82, 2.24) is 14.8 Å². The average Bonchev–Trinajstić information content (AvgIpc) is 3.45. The fourth-order valence-electron chi connectivity index (χ4n) is 5.12. The number of para-hydroxylation sites is 1. The molecule has 2 aliphatic rings. The Kier molecular flexibility index (Phi) is 5.16. The third-order valence-corrected chi connectivity index (χ3v) is 6.99. The maximum Gasteiger partial charge on any atom is 0.271 e. The second kappa shape index (κ2) is 8.01. The number of ether oxygens (including phenoxy) is 1. The summed E-state index contributed by atoms with van der Waals surface area (Å²) in [6, 6.07) is 17.8. The van der Waals surface area contributed by atoms with Crippen molar-refractivity contribution in [2.45, 2.75) is 57.3 Å². The minimum absolute atomic E-state index is 0.0796. The number of nitrogens with one attached hydrogen (secondary N) is 1. The SMILES string of the molecule is COc1cccc(CN2C(=O)c3cc4ccccc4n3C[C@@]2(C)C(=O)NC2CCCC2)c1. The van der Waals surface area contributed by atoms with E-state index < -0.39 is 5.54 Å². The molecule has 6 nitrogen and oxygen atoms in total. The van der Waals surface area contributed by atoms with Crippen LogP contribution >= 0.6 is 0 Å². The monoisotopic (exact) mass is 431 g/mol. The van der Waals surface area contributed by atoms with Gasteiger partial charge in [-0.25, -0.2) is 0 Å². The largest absolute Gasteiger partial charge is 0.497 e. The highest BCUT2D eigenvalue weighted by Gasteiger charge is 2.48. The van der Waals surface area contributed by atoms with E-state index in [9.17, 15) is 9.59 Å². The summed E-state index contributed by atoms with van der Waals surface area (Å²) in [6.07, 6.45) is 4.29. The molecule has 0 unspecified atom stereocenters. The Morgan fingerprint density at radius 2 is 1.91 bits per heavy atom. The molecule has 1 fully saturated rings. The number of benzene rings is 2. The van der Waals surface area contributed by atoms with E-state index in [1.165, 1.54) is 0 Å². The first kappa shape index (κ1) is 20.6. The lowest BCUT2D eigenvalue weighted by atomic mass is 9.93. The molecule has 1 N–H and O–H groups in total. The number of rotatable bonds is 5. The van der Waals surface area contributed by atoms with E-state index in [-0.39, 0.29) is 17.9 Å². The summed E-state index contributed by atoms with van der Waals surface area (Å²) in [5, 5.41) is 4.26. The van der Waals surface area contributed by atoms with E-state index in [2.05, 4.69) is 5.32 Å². The fraction of sp³-hybridized carbons (Fsp3) is 0.385. The molecular weight excluding hydrogens is 402 g/mol. The van der Waals surface area contributed by atoms with E-state index in [1.807, 2.05) is 66.1 Å². The fourth-order valence-corrected chi connectivity index (χ4v) is 5.12. The summed E-state index contributed by atoms with van der Waals surface area (Å²) >= 11 is 0. The molecule has 1 aliphatic heterocycles. The third-order valence-electron chi connectivity index (χ3n) is 6.99. The van der Waals surface area contributed by atoms with Crippen LogP contribution in [0, 0.1) is 0 Å². The van der Waals surface area contributed by atoms with Crippen molar-refractivity contribution in [2.24, 2.45) is 0 Å². The van der Waals surface area contributed by atoms with Gasteiger partial charge in [0.15, 0.2) is 0 Å². The van der Waals surface area contributed by atoms with Gasteiger partial charge in [-0.15, -0.1) is 0 Å². The molecule has 2 aromatic carbocycles. The predicted molar refractivity (Wildman–Crippen MR) is 124 cm³/mol. The van der Waals surface area contributed by atoms with E-state index in [4.69, 9.17) is 4.74 Å². The van der Waals surface area contributed by atoms with Crippen molar-refractivity contribution in [3.05, 3.63) is 65.9 Å². The molecule has 0 saturated heterocycles. The van der Waals surface area contributed by atoms with E-state index in [0.29, 0.717) is 18.8 Å². The Morgan fingerprint density at radius 3 is 2.69 bits per heavy atom. The number of fused-ring (bicyclic) bond motifs is 3. The summed E-state index contributed by atoms with van der Waals surface area (Å²) in [5.74, 6) is 0.529. The van der Waals surface area contributed by atoms with Gasteiger partial charge < -0.3 is 19.5 Å². The van der Waals surface area contributed by atoms with Gasteiger partial charge in [0.05, 0.1) is 13.7 Å². The first-order valence-corrected chi connectivity index (χ1v) is 11.3. The number of hydrogen-bond donors (Lipinski definition) is 1. The molecular formula is C26H29N3O3. The van der Waals surface area contributed by atoms with E-state index >= 15 is 0 Å². The van der Waals surface area contributed by atoms with Crippen molar-refractivity contribution in [3.63, 3.8) is 0 Å². The zero-order valence-electron chi connectivity index (χ0n) is 18.6. The second-order valence-electron chi connectivity index (χ2n) is 9.15. The summed E-state index contributed by atoms with van der Waals surface area (Å²) in [4.78, 5) is 29.2. The summed E-state index contributed by atoms with van der Waals surface area (Å²) in [5.41, 5.74) is 1.54. The molecule has 1 saturated carbocycles. The number of nitrogens with zero attached hydrogens (tertiary/aromatic N) is 2. The normalized spacial score (nSPS) is 21.1. The number of aromatic nitrogens is 1. The zero-order chi connectivity index (χ0) is 22.3. The van der Waals surface area contributed by atoms with Gasteiger partial charge in [-0.1, -0.05) is 43.2 Å². The molecule has 1 atom stereocenters. The Labute approximate surface area is 188 Å². The summed E-state index contributed by atoms with van der Waals surface area (Å²) < 4.78 is 7.38. The molecule has 3 aromatic rings. The molecule has 1 aromatic heterocycles. The van der Waals surface area contributed by atoms with Crippen molar-refractivity contribution in [1.29, 1.82) is 0 Å². The third kappa shape index (κ3) is 3.44. The number of methoxy groups -OCH3 is 1. The molecule has 0 bridgehead atoms. The highest BCUT2D eigenvalue weighted by molar-refractivity contribution is 6.03. The average molecular weight is 432 g/mol. The smallest absolute Gasteiger partial charge is 0.271 e. The Balaban J connectivity index is 1.56. The van der Waals surface area contributed by atoms with Crippen molar-refractivity contribution < 1.29 is 14.3 Å². The molecule has 0 radical (unpaired) electrons. The molecule has 32 heavy (non-hydrogen) atoms. The van der Waals surface area contributed by atoms with Gasteiger partial charge in [0, 0.05) is 23.5 Å². The molecule has 2 amide bonds. The standard InChI is InChI=1S/C26H29N3O3/c1-26(25(31)27-20-10-4-5-11-20)17-28-22-13-6-3-9-19(22)15-23(28)24(30)29(26)16-18-8-7-12-21(14-18)32-2/h3,6-9,12-15,20H,4-5,10-11,16-17H2,1-2H3,(H,27,31)/t26-/m0/s1. The van der Waals surface area contributed by atoms with Crippen LogP contribution in [-0.4, -0.2) is 40.0 Å². The minimum Gasteiger partial charge on any atom is -0.497 e.